The van der Waals surface area contributed by atoms with Crippen LogP contribution < -0.4 is 0 Å². The number of carbonyl (C=O) groups is 1. The molecule has 2 atom stereocenters. The minimum atomic E-state index is -0.240. The number of hydrogen-bond donors (Lipinski definition) is 0. The Hall–Kier alpha value is -1.56. The van der Waals surface area contributed by atoms with Crippen LogP contribution in [0.4, 0.5) is 0 Å². The molecule has 0 amide bonds. The highest BCUT2D eigenvalue weighted by Crippen LogP contribution is 2.51. The Morgan fingerprint density at radius 2 is 2.35 bits per heavy atom. The minimum Gasteiger partial charge on any atom is -0.494 e. The van der Waals surface area contributed by atoms with Crippen LogP contribution in [0.3, 0.4) is 0 Å². The molecule has 3 heteroatoms. The van der Waals surface area contributed by atoms with Crippen LogP contribution in [0.5, 0.6) is 0 Å². The molecule has 1 heterocycles. The van der Waals surface area contributed by atoms with Crippen LogP contribution in [0.2, 0.25) is 0 Å². The minimum absolute atomic E-state index is 0.240. The van der Waals surface area contributed by atoms with Gasteiger partial charge in [-0.3, -0.25) is 4.79 Å². The van der Waals surface area contributed by atoms with Crippen molar-refractivity contribution < 1.29 is 9.53 Å². The van der Waals surface area contributed by atoms with E-state index in [9.17, 15) is 4.79 Å². The van der Waals surface area contributed by atoms with Crippen molar-refractivity contribution in [3.8, 4) is 6.07 Å². The first-order valence-electron chi connectivity index (χ1n) is 7.65. The fourth-order valence-corrected chi connectivity index (χ4v) is 3.77. The van der Waals surface area contributed by atoms with Crippen molar-refractivity contribution in [1.29, 1.82) is 5.26 Å². The van der Waals surface area contributed by atoms with Gasteiger partial charge in [-0.15, -0.1) is 0 Å². The maximum absolute atomic E-state index is 12.1. The Morgan fingerprint density at radius 3 is 3.15 bits per heavy atom. The summed E-state index contributed by atoms with van der Waals surface area (Å²) in [7, 11) is 0. The van der Waals surface area contributed by atoms with Crippen LogP contribution in [-0.4, -0.2) is 11.9 Å². The van der Waals surface area contributed by atoms with E-state index in [-0.39, 0.29) is 11.5 Å². The first-order chi connectivity index (χ1) is 9.65. The molecular formula is C17H21NO2. The number of allylic oxidation sites excluding steroid dienone is 4. The third kappa shape index (κ3) is 2.08. The van der Waals surface area contributed by atoms with Crippen LogP contribution in [0.1, 0.15) is 58.3 Å². The van der Waals surface area contributed by atoms with Gasteiger partial charge in [-0.1, -0.05) is 6.08 Å². The Morgan fingerprint density at radius 1 is 1.50 bits per heavy atom. The number of Topliss-reactive ketones (excluding diaryl/α,β-unsaturated/α-hetero) is 1. The molecule has 0 aromatic carbocycles. The first kappa shape index (κ1) is 13.4. The molecule has 0 N–H and O–H groups in total. The second kappa shape index (κ2) is 5.09. The van der Waals surface area contributed by atoms with E-state index in [1.807, 2.05) is 0 Å². The van der Waals surface area contributed by atoms with Gasteiger partial charge in [-0.25, -0.2) is 0 Å². The maximum Gasteiger partial charge on any atom is 0.146 e. The number of ether oxygens (including phenoxy) is 1. The standard InChI is InChI=1S/C17H21NO2/c1-17-10-9-15-13(14(17)7-8-16(17)19)6-5-12(20-15)4-2-3-11-18/h7,12H,2-6,8-10H2,1H3/t12-,17?/m1/s1. The predicted octanol–water partition coefficient (Wildman–Crippen LogP) is 3.81. The summed E-state index contributed by atoms with van der Waals surface area (Å²) < 4.78 is 6.14. The van der Waals surface area contributed by atoms with Crippen LogP contribution >= 0.6 is 0 Å². The zero-order valence-corrected chi connectivity index (χ0v) is 12.1. The number of unbranched alkanes of at least 4 members (excludes halogenated alkanes) is 1. The Bertz CT molecular complexity index is 538. The summed E-state index contributed by atoms with van der Waals surface area (Å²) in [5.74, 6) is 1.49. The molecule has 2 aliphatic carbocycles. The van der Waals surface area contributed by atoms with E-state index < -0.39 is 0 Å². The molecule has 0 aromatic rings. The van der Waals surface area contributed by atoms with E-state index in [1.165, 1.54) is 11.1 Å². The van der Waals surface area contributed by atoms with Gasteiger partial charge in [-0.2, -0.15) is 5.26 Å². The van der Waals surface area contributed by atoms with E-state index in [1.54, 1.807) is 0 Å². The molecule has 0 aromatic heterocycles. The topological polar surface area (TPSA) is 50.1 Å². The summed E-state index contributed by atoms with van der Waals surface area (Å²) in [4.78, 5) is 12.1. The van der Waals surface area contributed by atoms with Crippen LogP contribution in [-0.2, 0) is 9.53 Å². The van der Waals surface area contributed by atoms with Crippen molar-refractivity contribution in [3.63, 3.8) is 0 Å². The molecule has 3 nitrogen and oxygen atoms in total. The van der Waals surface area contributed by atoms with E-state index in [0.29, 0.717) is 18.6 Å². The Balaban J connectivity index is 1.74. The molecule has 3 aliphatic rings. The number of nitrogens with zero attached hydrogens (tertiary/aromatic N) is 1. The normalized spacial score (nSPS) is 32.1. The molecular weight excluding hydrogens is 250 g/mol. The largest absolute Gasteiger partial charge is 0.494 e. The molecule has 1 aliphatic heterocycles. The van der Waals surface area contributed by atoms with Gasteiger partial charge in [0, 0.05) is 19.3 Å². The van der Waals surface area contributed by atoms with Crippen molar-refractivity contribution >= 4 is 5.78 Å². The number of hydrogen-bond acceptors (Lipinski definition) is 3. The van der Waals surface area contributed by atoms with Crippen molar-refractivity contribution in [2.45, 2.75) is 64.4 Å². The molecule has 0 bridgehead atoms. The van der Waals surface area contributed by atoms with Crippen molar-refractivity contribution in [1.82, 2.24) is 0 Å². The highest BCUT2D eigenvalue weighted by atomic mass is 16.5. The summed E-state index contributed by atoms with van der Waals surface area (Å²) in [5, 5.41) is 8.60. The van der Waals surface area contributed by atoms with Gasteiger partial charge in [0.15, 0.2) is 0 Å². The number of carbonyl (C=O) groups excluding carboxylic acids is 1. The summed E-state index contributed by atoms with van der Waals surface area (Å²) in [6, 6.07) is 2.19. The lowest BCUT2D eigenvalue weighted by Gasteiger charge is -2.39. The van der Waals surface area contributed by atoms with Gasteiger partial charge in [0.1, 0.15) is 5.78 Å². The van der Waals surface area contributed by atoms with Gasteiger partial charge < -0.3 is 4.74 Å². The number of ketones is 1. The fourth-order valence-electron chi connectivity index (χ4n) is 3.77. The average Bonchev–Trinajstić information content (AvgIpc) is 2.75. The molecule has 0 fully saturated rings. The predicted molar refractivity (Wildman–Crippen MR) is 75.6 cm³/mol. The zero-order chi connectivity index (χ0) is 14.2. The van der Waals surface area contributed by atoms with Crippen LogP contribution in [0.25, 0.3) is 0 Å². The Labute approximate surface area is 120 Å². The fraction of sp³-hybridized carbons (Fsp3) is 0.647. The van der Waals surface area contributed by atoms with E-state index >= 15 is 0 Å². The van der Waals surface area contributed by atoms with Crippen LogP contribution in [0, 0.1) is 16.7 Å². The van der Waals surface area contributed by atoms with E-state index in [2.05, 4.69) is 19.1 Å². The van der Waals surface area contributed by atoms with Crippen molar-refractivity contribution in [2.75, 3.05) is 0 Å². The highest BCUT2D eigenvalue weighted by Gasteiger charge is 2.46. The van der Waals surface area contributed by atoms with Gasteiger partial charge >= 0.3 is 0 Å². The summed E-state index contributed by atoms with van der Waals surface area (Å²) in [5.41, 5.74) is 2.32. The summed E-state index contributed by atoms with van der Waals surface area (Å²) in [6.45, 7) is 2.09. The molecule has 0 spiro atoms. The van der Waals surface area contributed by atoms with Gasteiger partial charge in [0.25, 0.3) is 0 Å². The number of fused-ring (bicyclic) bond motifs is 2. The van der Waals surface area contributed by atoms with Gasteiger partial charge in [0.2, 0.25) is 0 Å². The third-order valence-electron chi connectivity index (χ3n) is 5.06. The molecule has 0 radical (unpaired) electrons. The van der Waals surface area contributed by atoms with Crippen LogP contribution in [0.15, 0.2) is 23.0 Å². The highest BCUT2D eigenvalue weighted by molar-refractivity contribution is 5.93. The first-order valence-corrected chi connectivity index (χ1v) is 7.65. The summed E-state index contributed by atoms with van der Waals surface area (Å²) >= 11 is 0. The smallest absolute Gasteiger partial charge is 0.146 e. The monoisotopic (exact) mass is 271 g/mol. The third-order valence-corrected chi connectivity index (χ3v) is 5.06. The van der Waals surface area contributed by atoms with Gasteiger partial charge in [0.05, 0.1) is 23.3 Å². The second-order valence-electron chi connectivity index (χ2n) is 6.31. The van der Waals surface area contributed by atoms with E-state index in [4.69, 9.17) is 10.00 Å². The summed E-state index contributed by atoms with van der Waals surface area (Å²) in [6.07, 6.45) is 9.32. The Kier molecular flexibility index (Phi) is 3.41. The molecule has 106 valence electrons. The second-order valence-corrected chi connectivity index (χ2v) is 6.31. The molecule has 0 saturated heterocycles. The maximum atomic E-state index is 12.1. The molecule has 0 saturated carbocycles. The zero-order valence-electron chi connectivity index (χ0n) is 12.1. The molecule has 20 heavy (non-hydrogen) atoms. The SMILES string of the molecule is CC12CCC3=C(CC[C@@H](CCCC#N)O3)C1=CCC2=O. The quantitative estimate of drug-likeness (QED) is 0.733. The number of rotatable bonds is 3. The average molecular weight is 271 g/mol. The van der Waals surface area contributed by atoms with Gasteiger partial charge in [-0.05, 0) is 50.2 Å². The lowest BCUT2D eigenvalue weighted by molar-refractivity contribution is -0.124. The lowest BCUT2D eigenvalue weighted by Crippen LogP contribution is -2.33. The van der Waals surface area contributed by atoms with E-state index in [0.717, 1.165) is 44.3 Å². The molecule has 3 rings (SSSR count). The lowest BCUT2D eigenvalue weighted by atomic mass is 9.70. The van der Waals surface area contributed by atoms with Crippen molar-refractivity contribution in [2.24, 2.45) is 5.41 Å². The number of nitriles is 1. The molecule has 1 unspecified atom stereocenters. The van der Waals surface area contributed by atoms with Crippen molar-refractivity contribution in [3.05, 3.63) is 23.0 Å².